The van der Waals surface area contributed by atoms with Crippen LogP contribution in [-0.2, 0) is 16.6 Å². The number of phenolic OH excluding ortho intramolecular Hbond substituents is 1. The third-order valence-corrected chi connectivity index (χ3v) is 4.30. The van der Waals surface area contributed by atoms with Gasteiger partial charge in [-0.3, -0.25) is 0 Å². The van der Waals surface area contributed by atoms with Gasteiger partial charge in [0.15, 0.2) is 4.47 Å². The highest BCUT2D eigenvalue weighted by atomic mass is 35.5. The second-order valence-electron chi connectivity index (χ2n) is 3.66. The molecule has 2 aromatic rings. The van der Waals surface area contributed by atoms with Crippen molar-refractivity contribution in [3.05, 3.63) is 33.7 Å². The Morgan fingerprint density at radius 2 is 2.21 bits per heavy atom. The van der Waals surface area contributed by atoms with Crippen molar-refractivity contribution < 1.29 is 13.5 Å². The maximum Gasteiger partial charge on any atom is 0.238 e. The van der Waals surface area contributed by atoms with Crippen LogP contribution in [0.4, 0.5) is 5.69 Å². The number of anilines is 1. The van der Waals surface area contributed by atoms with Gasteiger partial charge >= 0.3 is 0 Å². The number of nitrogens with one attached hydrogen (secondary N) is 1. The summed E-state index contributed by atoms with van der Waals surface area (Å²) in [5, 5.41) is 17.6. The van der Waals surface area contributed by atoms with E-state index in [1.165, 1.54) is 23.5 Å². The predicted molar refractivity (Wildman–Crippen MR) is 73.9 cm³/mol. The predicted octanol–water partition coefficient (Wildman–Crippen LogP) is 1.76. The Morgan fingerprint density at radius 1 is 1.47 bits per heavy atom. The highest BCUT2D eigenvalue weighted by Crippen LogP contribution is 2.27. The molecule has 9 heteroatoms. The molecule has 0 aliphatic rings. The monoisotopic (exact) mass is 319 g/mol. The van der Waals surface area contributed by atoms with Gasteiger partial charge in [-0.1, -0.05) is 11.6 Å². The van der Waals surface area contributed by atoms with Crippen molar-refractivity contribution in [2.24, 2.45) is 5.14 Å². The standard InChI is InChI=1S/C10H10ClN3O3S2/c11-10-14-5-6(18-10)4-13-8-2-1-7(3-9(8)15)19(12,16)17/h1-3,5,13,15H,4H2,(H2,12,16,17). The Balaban J connectivity index is 2.14. The van der Waals surface area contributed by atoms with E-state index >= 15 is 0 Å². The topological polar surface area (TPSA) is 105 Å². The first kappa shape index (κ1) is 14.1. The lowest BCUT2D eigenvalue weighted by atomic mass is 10.3. The van der Waals surface area contributed by atoms with Crippen LogP contribution in [-0.4, -0.2) is 18.5 Å². The van der Waals surface area contributed by atoms with E-state index in [0.29, 0.717) is 16.7 Å². The van der Waals surface area contributed by atoms with Gasteiger partial charge in [-0.25, -0.2) is 18.5 Å². The zero-order valence-electron chi connectivity index (χ0n) is 9.50. The number of nitrogens with two attached hydrogens (primary N) is 1. The number of nitrogens with zero attached hydrogens (tertiary/aromatic N) is 1. The van der Waals surface area contributed by atoms with Crippen LogP contribution in [0.2, 0.25) is 4.47 Å². The van der Waals surface area contributed by atoms with Gasteiger partial charge in [0.1, 0.15) is 5.75 Å². The lowest BCUT2D eigenvalue weighted by molar-refractivity contribution is 0.475. The van der Waals surface area contributed by atoms with E-state index in [9.17, 15) is 13.5 Å². The number of hydrogen-bond donors (Lipinski definition) is 3. The minimum atomic E-state index is -3.82. The summed E-state index contributed by atoms with van der Waals surface area (Å²) >= 11 is 7.01. The van der Waals surface area contributed by atoms with E-state index in [2.05, 4.69) is 10.3 Å². The summed E-state index contributed by atoms with van der Waals surface area (Å²) in [6.07, 6.45) is 1.62. The van der Waals surface area contributed by atoms with Gasteiger partial charge in [-0.15, -0.1) is 11.3 Å². The number of phenols is 1. The first-order valence-electron chi connectivity index (χ1n) is 5.06. The van der Waals surface area contributed by atoms with Crippen LogP contribution < -0.4 is 10.5 Å². The molecule has 6 nitrogen and oxygen atoms in total. The quantitative estimate of drug-likeness (QED) is 0.745. The zero-order valence-corrected chi connectivity index (χ0v) is 11.9. The van der Waals surface area contributed by atoms with E-state index < -0.39 is 10.0 Å². The molecule has 0 amide bonds. The highest BCUT2D eigenvalue weighted by molar-refractivity contribution is 7.89. The number of sulfonamides is 1. The van der Waals surface area contributed by atoms with E-state index in [4.69, 9.17) is 16.7 Å². The fourth-order valence-electron chi connectivity index (χ4n) is 1.39. The molecule has 19 heavy (non-hydrogen) atoms. The minimum Gasteiger partial charge on any atom is -0.506 e. The second kappa shape index (κ2) is 5.33. The molecule has 0 aliphatic carbocycles. The molecule has 0 radical (unpaired) electrons. The third-order valence-electron chi connectivity index (χ3n) is 2.28. The summed E-state index contributed by atoms with van der Waals surface area (Å²) in [4.78, 5) is 4.63. The summed E-state index contributed by atoms with van der Waals surface area (Å²) in [7, 11) is -3.82. The number of rotatable bonds is 4. The fourth-order valence-corrected chi connectivity index (χ4v) is 2.84. The number of halogens is 1. The second-order valence-corrected chi connectivity index (χ2v) is 6.92. The van der Waals surface area contributed by atoms with Crippen LogP contribution in [0.1, 0.15) is 4.88 Å². The van der Waals surface area contributed by atoms with Crippen molar-refractivity contribution in [2.75, 3.05) is 5.32 Å². The molecule has 0 spiro atoms. The number of aromatic nitrogens is 1. The third kappa shape index (κ3) is 3.57. The molecule has 4 N–H and O–H groups in total. The van der Waals surface area contributed by atoms with Crippen LogP contribution in [0.15, 0.2) is 29.3 Å². The van der Waals surface area contributed by atoms with Gasteiger partial charge in [0.2, 0.25) is 10.0 Å². The Kier molecular flexibility index (Phi) is 3.95. The molecule has 1 aromatic heterocycles. The molecule has 1 heterocycles. The van der Waals surface area contributed by atoms with Crippen molar-refractivity contribution in [3.63, 3.8) is 0 Å². The molecule has 0 saturated heterocycles. The summed E-state index contributed by atoms with van der Waals surface area (Å²) in [5.74, 6) is -0.192. The van der Waals surface area contributed by atoms with Crippen LogP contribution in [0.3, 0.4) is 0 Å². The average molecular weight is 320 g/mol. The molecule has 0 bridgehead atoms. The Bertz CT molecular complexity index is 700. The largest absolute Gasteiger partial charge is 0.506 e. The Morgan fingerprint density at radius 3 is 2.74 bits per heavy atom. The molecule has 0 fully saturated rings. The van der Waals surface area contributed by atoms with Crippen LogP contribution in [0.5, 0.6) is 5.75 Å². The number of thiazole rings is 1. The maximum absolute atomic E-state index is 11.1. The molecule has 1 aromatic carbocycles. The number of aromatic hydroxyl groups is 1. The summed E-state index contributed by atoms with van der Waals surface area (Å²) in [5.41, 5.74) is 0.400. The summed E-state index contributed by atoms with van der Waals surface area (Å²) in [6, 6.07) is 3.85. The first-order chi connectivity index (χ1) is 8.86. The molecule has 102 valence electrons. The van der Waals surface area contributed by atoms with Crippen LogP contribution in [0, 0.1) is 0 Å². The smallest absolute Gasteiger partial charge is 0.238 e. The van der Waals surface area contributed by atoms with E-state index in [1.54, 1.807) is 6.20 Å². The van der Waals surface area contributed by atoms with Gasteiger partial charge in [-0.2, -0.15) is 0 Å². The molecular weight excluding hydrogens is 310 g/mol. The van der Waals surface area contributed by atoms with Gasteiger partial charge in [0, 0.05) is 17.1 Å². The van der Waals surface area contributed by atoms with E-state index in [-0.39, 0.29) is 10.6 Å². The van der Waals surface area contributed by atoms with Gasteiger partial charge < -0.3 is 10.4 Å². The van der Waals surface area contributed by atoms with Gasteiger partial charge in [0.05, 0.1) is 17.1 Å². The number of primary sulfonamides is 1. The lowest BCUT2D eigenvalue weighted by Gasteiger charge is -2.08. The van der Waals surface area contributed by atoms with Gasteiger partial charge in [0.25, 0.3) is 0 Å². The maximum atomic E-state index is 11.1. The molecule has 2 rings (SSSR count). The Labute approximate surface area is 118 Å². The lowest BCUT2D eigenvalue weighted by Crippen LogP contribution is -2.12. The molecule has 0 aliphatic heterocycles. The number of benzene rings is 1. The zero-order chi connectivity index (χ0) is 14.0. The average Bonchev–Trinajstić information content (AvgIpc) is 2.72. The molecule has 0 saturated carbocycles. The van der Waals surface area contributed by atoms with Crippen LogP contribution in [0.25, 0.3) is 0 Å². The van der Waals surface area contributed by atoms with E-state index in [1.807, 2.05) is 0 Å². The van der Waals surface area contributed by atoms with Crippen molar-refractivity contribution in [3.8, 4) is 5.75 Å². The van der Waals surface area contributed by atoms with Crippen molar-refractivity contribution in [1.29, 1.82) is 0 Å². The van der Waals surface area contributed by atoms with E-state index in [0.717, 1.165) is 10.9 Å². The normalized spacial score (nSPS) is 11.5. The molecule has 0 unspecified atom stereocenters. The summed E-state index contributed by atoms with van der Waals surface area (Å²) in [6.45, 7) is 0.423. The SMILES string of the molecule is NS(=O)(=O)c1ccc(NCc2cnc(Cl)s2)c(O)c1. The first-order valence-corrected chi connectivity index (χ1v) is 7.80. The summed E-state index contributed by atoms with van der Waals surface area (Å²) < 4.78 is 22.6. The van der Waals surface area contributed by atoms with Crippen molar-refractivity contribution in [1.82, 2.24) is 4.98 Å². The fraction of sp³-hybridized carbons (Fsp3) is 0.100. The highest BCUT2D eigenvalue weighted by Gasteiger charge is 2.11. The van der Waals surface area contributed by atoms with Crippen molar-refractivity contribution >= 4 is 38.6 Å². The Hall–Kier alpha value is -1.35. The minimum absolute atomic E-state index is 0.142. The van der Waals surface area contributed by atoms with Crippen LogP contribution >= 0.6 is 22.9 Å². The van der Waals surface area contributed by atoms with Gasteiger partial charge in [-0.05, 0) is 12.1 Å². The van der Waals surface area contributed by atoms with Crippen molar-refractivity contribution in [2.45, 2.75) is 11.4 Å². The number of hydrogen-bond acceptors (Lipinski definition) is 6. The molecular formula is C10H10ClN3O3S2. The molecule has 0 atom stereocenters.